The summed E-state index contributed by atoms with van der Waals surface area (Å²) in [4.78, 5) is 37.2. The summed E-state index contributed by atoms with van der Waals surface area (Å²) >= 11 is 0. The summed E-state index contributed by atoms with van der Waals surface area (Å²) in [5.74, 6) is -2.17. The molecule has 2 N–H and O–H groups in total. The fourth-order valence-electron chi connectivity index (χ4n) is 3.52. The molecule has 4 rings (SSSR count). The number of carbonyl (C=O) groups is 1. The van der Waals surface area contributed by atoms with Crippen molar-refractivity contribution < 1.29 is 27.8 Å². The minimum absolute atomic E-state index is 0.0519. The van der Waals surface area contributed by atoms with Gasteiger partial charge in [-0.3, -0.25) is 14.4 Å². The van der Waals surface area contributed by atoms with Crippen molar-refractivity contribution in [3.8, 4) is 11.4 Å². The van der Waals surface area contributed by atoms with Gasteiger partial charge >= 0.3 is 12.3 Å². The maximum atomic E-state index is 13.1. The molecule has 0 saturated heterocycles. The van der Waals surface area contributed by atoms with Crippen LogP contribution < -0.4 is 21.2 Å². The van der Waals surface area contributed by atoms with E-state index in [0.717, 1.165) is 16.8 Å². The van der Waals surface area contributed by atoms with Gasteiger partial charge in [-0.1, -0.05) is 25.1 Å². The van der Waals surface area contributed by atoms with Crippen molar-refractivity contribution in [2.24, 2.45) is 5.92 Å². The molecule has 36 heavy (non-hydrogen) atoms. The molecule has 0 aliphatic heterocycles. The van der Waals surface area contributed by atoms with Crippen molar-refractivity contribution in [2.45, 2.75) is 19.8 Å². The van der Waals surface area contributed by atoms with Crippen LogP contribution in [0.5, 0.6) is 5.75 Å². The minimum atomic E-state index is -4.86. The molecule has 0 bridgehead atoms. The van der Waals surface area contributed by atoms with Crippen LogP contribution in [-0.4, -0.2) is 31.8 Å². The molecule has 186 valence electrons. The van der Waals surface area contributed by atoms with Crippen LogP contribution in [0.3, 0.4) is 0 Å². The Hall–Kier alpha value is -4.61. The van der Waals surface area contributed by atoms with E-state index in [9.17, 15) is 27.6 Å². The first-order valence-corrected chi connectivity index (χ1v) is 10.6. The number of hydrogen-bond acceptors (Lipinski definition) is 6. The SMILES string of the molecule is CC(Cn1cccc(Nc2nn(-c3ccc(OC(F)(F)F)cc3)c(=O)c3ccccc23)c1=O)C(=O)O. The van der Waals surface area contributed by atoms with Gasteiger partial charge in [0.2, 0.25) is 0 Å². The van der Waals surface area contributed by atoms with Crippen molar-refractivity contribution in [1.29, 1.82) is 0 Å². The molecular weight excluding hydrogens is 481 g/mol. The van der Waals surface area contributed by atoms with Crippen molar-refractivity contribution in [3.05, 3.63) is 87.6 Å². The number of aromatic nitrogens is 3. The highest BCUT2D eigenvalue weighted by atomic mass is 19.4. The highest BCUT2D eigenvalue weighted by Crippen LogP contribution is 2.25. The lowest BCUT2D eigenvalue weighted by molar-refractivity contribution is -0.274. The highest BCUT2D eigenvalue weighted by Gasteiger charge is 2.31. The summed E-state index contributed by atoms with van der Waals surface area (Å²) in [6.45, 7) is 1.43. The Bertz CT molecular complexity index is 1540. The number of benzene rings is 2. The molecule has 0 fully saturated rings. The van der Waals surface area contributed by atoms with Gasteiger partial charge in [0, 0.05) is 18.1 Å². The number of nitrogens with one attached hydrogen (secondary N) is 1. The monoisotopic (exact) mass is 500 g/mol. The quantitative estimate of drug-likeness (QED) is 0.395. The lowest BCUT2D eigenvalue weighted by Crippen LogP contribution is -2.28. The second-order valence-corrected chi connectivity index (χ2v) is 7.90. The molecule has 2 aromatic carbocycles. The molecule has 0 radical (unpaired) electrons. The number of alkyl halides is 3. The molecule has 12 heteroatoms. The number of anilines is 2. The molecule has 0 amide bonds. The van der Waals surface area contributed by atoms with Gasteiger partial charge in [0.15, 0.2) is 5.82 Å². The van der Waals surface area contributed by atoms with E-state index in [1.807, 2.05) is 0 Å². The standard InChI is InChI=1S/C24H19F3N4O5/c1-14(23(34)35)13-30-12-4-7-19(22(30)33)28-20-17-5-2-3-6-18(17)21(32)31(29-20)15-8-10-16(11-9-15)36-24(25,26)27/h2-12,14H,13H2,1H3,(H,28,29)(H,34,35). The minimum Gasteiger partial charge on any atom is -0.481 e. The number of pyridine rings is 1. The maximum absolute atomic E-state index is 13.1. The fraction of sp³-hybridized carbons (Fsp3) is 0.167. The Balaban J connectivity index is 1.77. The fourth-order valence-corrected chi connectivity index (χ4v) is 3.52. The summed E-state index contributed by atoms with van der Waals surface area (Å²) in [5, 5.41) is 17.0. The van der Waals surface area contributed by atoms with Gasteiger partial charge in [-0.05, 0) is 42.5 Å². The molecule has 4 aromatic rings. The van der Waals surface area contributed by atoms with E-state index < -0.39 is 35.1 Å². The molecule has 1 unspecified atom stereocenters. The Kier molecular flexibility index (Phi) is 6.51. The lowest BCUT2D eigenvalue weighted by atomic mass is 10.1. The topological polar surface area (TPSA) is 115 Å². The largest absolute Gasteiger partial charge is 0.573 e. The van der Waals surface area contributed by atoms with Crippen molar-refractivity contribution in [3.63, 3.8) is 0 Å². The first-order chi connectivity index (χ1) is 17.0. The van der Waals surface area contributed by atoms with E-state index in [1.54, 1.807) is 30.3 Å². The zero-order valence-electron chi connectivity index (χ0n) is 18.7. The van der Waals surface area contributed by atoms with Gasteiger partial charge in [-0.25, -0.2) is 0 Å². The predicted octanol–water partition coefficient (Wildman–Crippen LogP) is 3.91. The first kappa shape index (κ1) is 24.5. The van der Waals surface area contributed by atoms with Gasteiger partial charge in [-0.15, -0.1) is 18.3 Å². The van der Waals surface area contributed by atoms with Crippen LogP contribution >= 0.6 is 0 Å². The van der Waals surface area contributed by atoms with Crippen LogP contribution in [0, 0.1) is 5.92 Å². The number of fused-ring (bicyclic) bond motifs is 1. The van der Waals surface area contributed by atoms with Crippen LogP contribution in [-0.2, 0) is 11.3 Å². The smallest absolute Gasteiger partial charge is 0.481 e. The number of carboxylic acids is 1. The van der Waals surface area contributed by atoms with Crippen LogP contribution in [0.1, 0.15) is 6.92 Å². The van der Waals surface area contributed by atoms with Crippen LogP contribution in [0.15, 0.2) is 76.4 Å². The second kappa shape index (κ2) is 9.56. The molecule has 2 aromatic heterocycles. The summed E-state index contributed by atoms with van der Waals surface area (Å²) in [6.07, 6.45) is -3.40. The average molecular weight is 500 g/mol. The van der Waals surface area contributed by atoms with Crippen molar-refractivity contribution in [1.82, 2.24) is 14.3 Å². The van der Waals surface area contributed by atoms with Gasteiger partial charge in [0.1, 0.15) is 11.4 Å². The van der Waals surface area contributed by atoms with Gasteiger partial charge in [0.05, 0.1) is 17.0 Å². The van der Waals surface area contributed by atoms with Gasteiger partial charge in [0.25, 0.3) is 11.1 Å². The van der Waals surface area contributed by atoms with E-state index in [4.69, 9.17) is 5.11 Å². The number of carboxylic acid groups (broad SMARTS) is 1. The number of rotatable bonds is 7. The zero-order valence-corrected chi connectivity index (χ0v) is 18.7. The van der Waals surface area contributed by atoms with E-state index in [1.165, 1.54) is 35.9 Å². The summed E-state index contributed by atoms with van der Waals surface area (Å²) < 4.78 is 43.6. The number of ether oxygens (including phenoxy) is 1. The average Bonchev–Trinajstić information content (AvgIpc) is 2.83. The molecule has 1 atom stereocenters. The number of hydrogen-bond donors (Lipinski definition) is 2. The van der Waals surface area contributed by atoms with Crippen LogP contribution in [0.2, 0.25) is 0 Å². The van der Waals surface area contributed by atoms with Gasteiger partial charge < -0.3 is 19.7 Å². The third kappa shape index (κ3) is 5.22. The molecule has 0 saturated carbocycles. The summed E-state index contributed by atoms with van der Waals surface area (Å²) in [6, 6.07) is 14.2. The summed E-state index contributed by atoms with van der Waals surface area (Å²) in [5.41, 5.74) is -0.764. The predicted molar refractivity (Wildman–Crippen MR) is 125 cm³/mol. The zero-order chi connectivity index (χ0) is 26.0. The second-order valence-electron chi connectivity index (χ2n) is 7.90. The number of nitrogens with zero attached hydrogens (tertiary/aromatic N) is 3. The molecule has 2 heterocycles. The summed E-state index contributed by atoms with van der Waals surface area (Å²) in [7, 11) is 0. The number of aliphatic carboxylic acids is 1. The van der Waals surface area contributed by atoms with Crippen LogP contribution in [0.4, 0.5) is 24.7 Å². The van der Waals surface area contributed by atoms with E-state index >= 15 is 0 Å². The third-order valence-corrected chi connectivity index (χ3v) is 5.29. The Morgan fingerprint density at radius 2 is 1.69 bits per heavy atom. The Labute approximate surface area is 201 Å². The lowest BCUT2D eigenvalue weighted by Gasteiger charge is -2.15. The molecule has 0 spiro atoms. The third-order valence-electron chi connectivity index (χ3n) is 5.29. The van der Waals surface area contributed by atoms with Gasteiger partial charge in [-0.2, -0.15) is 4.68 Å². The highest BCUT2D eigenvalue weighted by molar-refractivity contribution is 5.92. The van der Waals surface area contributed by atoms with E-state index in [0.29, 0.717) is 5.39 Å². The molecule has 9 nitrogen and oxygen atoms in total. The van der Waals surface area contributed by atoms with E-state index in [-0.39, 0.29) is 29.1 Å². The van der Waals surface area contributed by atoms with Crippen LogP contribution in [0.25, 0.3) is 16.5 Å². The first-order valence-electron chi connectivity index (χ1n) is 10.6. The van der Waals surface area contributed by atoms with Crippen molar-refractivity contribution in [2.75, 3.05) is 5.32 Å². The Morgan fingerprint density at radius 3 is 2.33 bits per heavy atom. The molecular formula is C24H19F3N4O5. The molecule has 0 aliphatic carbocycles. The normalized spacial score (nSPS) is 12.3. The molecule has 0 aliphatic rings. The Morgan fingerprint density at radius 1 is 1.03 bits per heavy atom. The maximum Gasteiger partial charge on any atom is 0.573 e. The number of halogens is 3. The van der Waals surface area contributed by atoms with E-state index in [2.05, 4.69) is 15.2 Å². The van der Waals surface area contributed by atoms with Crippen molar-refractivity contribution >= 4 is 28.2 Å².